The van der Waals surface area contributed by atoms with E-state index in [1.54, 1.807) is 25.3 Å². The lowest BCUT2D eigenvalue weighted by atomic mass is 10.2. The molecule has 4 heterocycles. The molecule has 186 valence electrons. The largest absolute Gasteiger partial charge is 0.495 e. The van der Waals surface area contributed by atoms with Crippen molar-refractivity contribution in [1.82, 2.24) is 15.3 Å². The van der Waals surface area contributed by atoms with E-state index >= 15 is 0 Å². The number of para-hydroxylation sites is 1. The van der Waals surface area contributed by atoms with E-state index in [1.165, 1.54) is 17.5 Å². The Balaban J connectivity index is 1.25. The first-order valence-electron chi connectivity index (χ1n) is 11.7. The molecule has 2 atom stereocenters. The summed E-state index contributed by atoms with van der Waals surface area (Å²) in [5, 5.41) is 7.59. The van der Waals surface area contributed by atoms with Gasteiger partial charge in [0, 0.05) is 50.2 Å². The van der Waals surface area contributed by atoms with Gasteiger partial charge in [-0.15, -0.1) is 0 Å². The highest BCUT2D eigenvalue weighted by Crippen LogP contribution is 2.39. The summed E-state index contributed by atoms with van der Waals surface area (Å²) in [7, 11) is 3.54. The van der Waals surface area contributed by atoms with Crippen molar-refractivity contribution in [1.29, 1.82) is 0 Å². The summed E-state index contributed by atoms with van der Waals surface area (Å²) >= 11 is 12.7. The van der Waals surface area contributed by atoms with E-state index in [0.29, 0.717) is 45.1 Å². The van der Waals surface area contributed by atoms with E-state index < -0.39 is 0 Å². The number of hydrogen-bond donors (Lipinski definition) is 2. The molecule has 3 aliphatic heterocycles. The number of hydrogen-bond acceptors (Lipinski definition) is 8. The Bertz CT molecular complexity index is 1330. The van der Waals surface area contributed by atoms with Gasteiger partial charge >= 0.3 is 0 Å². The topological polar surface area (TPSA) is 85.9 Å². The third-order valence-corrected chi connectivity index (χ3v) is 7.58. The average molecular weight is 526 g/mol. The molecule has 0 unspecified atom stereocenters. The van der Waals surface area contributed by atoms with Gasteiger partial charge in [0.25, 0.3) is 5.91 Å². The van der Waals surface area contributed by atoms with Gasteiger partial charge in [0.1, 0.15) is 17.1 Å². The van der Waals surface area contributed by atoms with Crippen LogP contribution >= 0.6 is 23.2 Å². The summed E-state index contributed by atoms with van der Waals surface area (Å²) in [5.41, 5.74) is 2.73. The molecule has 6 rings (SSSR count). The van der Waals surface area contributed by atoms with Gasteiger partial charge in [0.15, 0.2) is 0 Å². The Morgan fingerprint density at radius 1 is 1.19 bits per heavy atom. The average Bonchev–Trinajstić information content (AvgIpc) is 3.51. The molecule has 0 radical (unpaired) electrons. The number of anilines is 5. The van der Waals surface area contributed by atoms with Crippen LogP contribution in [0.3, 0.4) is 0 Å². The van der Waals surface area contributed by atoms with E-state index in [1.807, 2.05) is 24.1 Å². The molecule has 0 spiro atoms. The number of rotatable bonds is 5. The first-order chi connectivity index (χ1) is 17.4. The molecule has 0 aliphatic carbocycles. The van der Waals surface area contributed by atoms with Crippen molar-refractivity contribution >= 4 is 57.9 Å². The van der Waals surface area contributed by atoms with Crippen molar-refractivity contribution < 1.29 is 9.53 Å². The molecule has 3 aliphatic rings. The maximum Gasteiger partial charge on any atom is 0.265 e. The highest BCUT2D eigenvalue weighted by Gasteiger charge is 2.38. The minimum Gasteiger partial charge on any atom is -0.495 e. The lowest BCUT2D eigenvalue weighted by Crippen LogP contribution is -2.46. The quantitative estimate of drug-likeness (QED) is 0.513. The number of fused-ring (bicyclic) bond motifs is 3. The lowest BCUT2D eigenvalue weighted by Gasteiger charge is -2.35. The number of amides is 1. The SMILES string of the molecule is COc1cc(Nc2ncc3c(n2)N(C)CN(c2c(Cl)cccc2Cl)C3=O)ccc1N1C[C@@H]2C[C@H]1CN2. The molecule has 3 aromatic rings. The van der Waals surface area contributed by atoms with Crippen LogP contribution in [0.1, 0.15) is 16.8 Å². The summed E-state index contributed by atoms with van der Waals surface area (Å²) < 4.78 is 5.72. The van der Waals surface area contributed by atoms with Gasteiger partial charge < -0.3 is 25.2 Å². The van der Waals surface area contributed by atoms with E-state index in [9.17, 15) is 4.79 Å². The molecular weight excluding hydrogens is 501 g/mol. The maximum absolute atomic E-state index is 13.3. The van der Waals surface area contributed by atoms with Crippen molar-refractivity contribution in [3.05, 3.63) is 58.2 Å². The Hall–Kier alpha value is -3.27. The monoisotopic (exact) mass is 525 g/mol. The Morgan fingerprint density at radius 3 is 2.69 bits per heavy atom. The van der Waals surface area contributed by atoms with Crippen molar-refractivity contribution in [3.63, 3.8) is 0 Å². The molecule has 11 heteroatoms. The minimum atomic E-state index is -0.259. The van der Waals surface area contributed by atoms with E-state index in [4.69, 9.17) is 27.9 Å². The number of benzene rings is 2. The smallest absolute Gasteiger partial charge is 0.265 e. The first-order valence-corrected chi connectivity index (χ1v) is 12.5. The molecule has 1 aromatic heterocycles. The van der Waals surface area contributed by atoms with Crippen molar-refractivity contribution in [2.75, 3.05) is 53.9 Å². The second-order valence-corrected chi connectivity index (χ2v) is 10.0. The third kappa shape index (κ3) is 3.87. The molecule has 2 bridgehead atoms. The predicted octanol–water partition coefficient (Wildman–Crippen LogP) is 4.14. The zero-order valence-electron chi connectivity index (χ0n) is 19.8. The van der Waals surface area contributed by atoms with Crippen molar-refractivity contribution in [3.8, 4) is 5.75 Å². The number of halogens is 2. The minimum absolute atomic E-state index is 0.251. The summed E-state index contributed by atoms with van der Waals surface area (Å²) in [4.78, 5) is 28.1. The molecule has 2 aromatic carbocycles. The van der Waals surface area contributed by atoms with E-state index in [2.05, 4.69) is 31.6 Å². The molecule has 2 N–H and O–H groups in total. The number of carbonyl (C=O) groups is 1. The van der Waals surface area contributed by atoms with Crippen LogP contribution in [0.2, 0.25) is 10.0 Å². The summed E-state index contributed by atoms with van der Waals surface area (Å²) in [6.45, 7) is 2.24. The van der Waals surface area contributed by atoms with E-state index in [-0.39, 0.29) is 12.6 Å². The van der Waals surface area contributed by atoms with Gasteiger partial charge in [-0.3, -0.25) is 9.69 Å². The fourth-order valence-corrected chi connectivity index (χ4v) is 5.86. The summed E-state index contributed by atoms with van der Waals surface area (Å²) in [6, 6.07) is 12.2. The van der Waals surface area contributed by atoms with Gasteiger partial charge in [-0.25, -0.2) is 4.98 Å². The number of nitrogens with zero attached hydrogens (tertiary/aromatic N) is 5. The van der Waals surface area contributed by atoms with E-state index in [0.717, 1.165) is 30.2 Å². The van der Waals surface area contributed by atoms with Gasteiger partial charge in [-0.05, 0) is 30.7 Å². The van der Waals surface area contributed by atoms with Crippen LogP contribution in [0, 0.1) is 0 Å². The number of ether oxygens (including phenoxy) is 1. The number of aromatic nitrogens is 2. The second kappa shape index (κ2) is 8.99. The number of carbonyl (C=O) groups excluding carboxylic acids is 1. The normalized spacial score (nSPS) is 20.7. The zero-order chi connectivity index (χ0) is 25.0. The first kappa shape index (κ1) is 23.1. The van der Waals surface area contributed by atoms with Gasteiger partial charge in [0.05, 0.1) is 35.2 Å². The number of piperazine rings is 1. The van der Waals surface area contributed by atoms with Crippen molar-refractivity contribution in [2.45, 2.75) is 18.5 Å². The molecule has 9 nitrogen and oxygen atoms in total. The predicted molar refractivity (Wildman–Crippen MR) is 142 cm³/mol. The Kier molecular flexibility index (Phi) is 5.78. The van der Waals surface area contributed by atoms with Crippen LogP contribution in [0.5, 0.6) is 5.75 Å². The second-order valence-electron chi connectivity index (χ2n) is 9.23. The zero-order valence-corrected chi connectivity index (χ0v) is 21.3. The molecule has 1 amide bonds. The van der Waals surface area contributed by atoms with Crippen LogP contribution < -0.4 is 30.1 Å². The third-order valence-electron chi connectivity index (χ3n) is 6.97. The van der Waals surface area contributed by atoms with Crippen LogP contribution in [0.25, 0.3) is 0 Å². The lowest BCUT2D eigenvalue weighted by molar-refractivity contribution is 0.0982. The number of methoxy groups -OCH3 is 1. The molecule has 2 saturated heterocycles. The fourth-order valence-electron chi connectivity index (χ4n) is 5.26. The van der Waals surface area contributed by atoms with Crippen LogP contribution in [0.4, 0.5) is 28.8 Å². The van der Waals surface area contributed by atoms with Gasteiger partial charge in [0.2, 0.25) is 5.95 Å². The van der Waals surface area contributed by atoms with Gasteiger partial charge in [-0.2, -0.15) is 4.98 Å². The maximum atomic E-state index is 13.3. The van der Waals surface area contributed by atoms with Crippen LogP contribution in [-0.2, 0) is 0 Å². The standard InChI is InChI=1S/C25H25Cl2N7O2/c1-32-13-34(22-18(26)4-3-5-19(22)27)24(35)17-11-29-25(31-23(17)32)30-14-6-7-20(21(9-14)36-2)33-12-15-8-16(33)10-28-15/h3-7,9,11,15-16,28H,8,10,12-13H2,1-2H3,(H,29,30,31)/t15-,16-/m0/s1. The summed E-state index contributed by atoms with van der Waals surface area (Å²) in [5.74, 6) is 1.45. The molecule has 36 heavy (non-hydrogen) atoms. The molecular formula is C25H25Cl2N7O2. The fraction of sp³-hybridized carbons (Fsp3) is 0.320. The molecule has 2 fully saturated rings. The van der Waals surface area contributed by atoms with Crippen LogP contribution in [0.15, 0.2) is 42.6 Å². The summed E-state index contributed by atoms with van der Waals surface area (Å²) in [6.07, 6.45) is 2.69. The van der Waals surface area contributed by atoms with Crippen LogP contribution in [-0.4, -0.2) is 61.9 Å². The molecule has 0 saturated carbocycles. The van der Waals surface area contributed by atoms with Crippen molar-refractivity contribution in [2.24, 2.45) is 0 Å². The highest BCUT2D eigenvalue weighted by molar-refractivity contribution is 6.40. The Labute approximate surface area is 219 Å². The number of nitrogens with one attached hydrogen (secondary N) is 2. The van der Waals surface area contributed by atoms with Gasteiger partial charge in [-0.1, -0.05) is 29.3 Å². The highest BCUT2D eigenvalue weighted by atomic mass is 35.5. The Morgan fingerprint density at radius 2 is 2.00 bits per heavy atom.